The first kappa shape index (κ1) is 32.4. The zero-order valence-corrected chi connectivity index (χ0v) is 26.2. The largest absolute Gasteiger partial charge is 0.491 e. The summed E-state index contributed by atoms with van der Waals surface area (Å²) in [6.07, 6.45) is 4.90. The molecular weight excluding hydrogens is 603 g/mol. The fraction of sp³-hybridized carbons (Fsp3) is 0.361. The second-order valence-corrected chi connectivity index (χ2v) is 12.6. The van der Waals surface area contributed by atoms with Gasteiger partial charge in [0, 0.05) is 67.2 Å². The van der Waals surface area contributed by atoms with Crippen LogP contribution in [0.1, 0.15) is 25.7 Å². The number of amides is 1. The highest BCUT2D eigenvalue weighted by Gasteiger charge is 2.54. The summed E-state index contributed by atoms with van der Waals surface area (Å²) in [5, 5.41) is 26.9. The maximum atomic E-state index is 14.3. The van der Waals surface area contributed by atoms with E-state index in [1.807, 2.05) is 24.3 Å². The maximum absolute atomic E-state index is 14.3. The lowest BCUT2D eigenvalue weighted by Gasteiger charge is -2.20. The Morgan fingerprint density at radius 2 is 1.85 bits per heavy atom. The molecule has 246 valence electrons. The Bertz CT molecular complexity index is 1730. The highest BCUT2D eigenvalue weighted by Crippen LogP contribution is 2.52. The molecule has 2 aliphatic carbocycles. The van der Waals surface area contributed by atoms with E-state index >= 15 is 0 Å². The lowest BCUT2D eigenvalue weighted by Crippen LogP contribution is -2.34. The van der Waals surface area contributed by atoms with Gasteiger partial charge in [-0.3, -0.25) is 14.7 Å². The second kappa shape index (κ2) is 13.6. The van der Waals surface area contributed by atoms with Gasteiger partial charge in [0.25, 0.3) is 0 Å². The number of hydrogen-bond donors (Lipinski definition) is 4. The normalized spacial score (nSPS) is 19.3. The molecular formula is C36H39FN4O6. The molecule has 0 radical (unpaired) electrons. The number of aromatic nitrogens is 1. The van der Waals surface area contributed by atoms with Crippen molar-refractivity contribution in [2.45, 2.75) is 37.9 Å². The predicted octanol–water partition coefficient (Wildman–Crippen LogP) is 5.01. The minimum atomic E-state index is -0.726. The fourth-order valence-corrected chi connectivity index (χ4v) is 5.84. The summed E-state index contributed by atoms with van der Waals surface area (Å²) in [6.45, 7) is 2.06. The van der Waals surface area contributed by atoms with Crippen molar-refractivity contribution in [3.63, 3.8) is 0 Å². The summed E-state index contributed by atoms with van der Waals surface area (Å²) in [7, 11) is 1.73. The van der Waals surface area contributed by atoms with Gasteiger partial charge in [0.2, 0.25) is 5.91 Å². The second-order valence-electron chi connectivity index (χ2n) is 12.6. The average Bonchev–Trinajstić information content (AvgIpc) is 4.01. The van der Waals surface area contributed by atoms with E-state index in [0.29, 0.717) is 48.6 Å². The number of carbonyl (C=O) groups is 2. The fourth-order valence-electron chi connectivity index (χ4n) is 5.84. The minimum absolute atomic E-state index is 0.0716. The number of ether oxygens (including phenoxy) is 2. The van der Waals surface area contributed by atoms with Crippen LogP contribution in [0.4, 0.5) is 15.8 Å². The Labute approximate surface area is 272 Å². The van der Waals surface area contributed by atoms with Gasteiger partial charge in [-0.1, -0.05) is 18.2 Å². The van der Waals surface area contributed by atoms with E-state index in [1.54, 1.807) is 55.7 Å². The molecule has 10 nitrogen and oxygen atoms in total. The Morgan fingerprint density at radius 1 is 1.06 bits per heavy atom. The molecule has 2 atom stereocenters. The lowest BCUT2D eigenvalue weighted by molar-refractivity contribution is -0.126. The van der Waals surface area contributed by atoms with Crippen molar-refractivity contribution in [2.75, 3.05) is 43.9 Å². The maximum Gasteiger partial charge on any atom is 0.237 e. The third-order valence-corrected chi connectivity index (χ3v) is 9.09. The van der Waals surface area contributed by atoms with Crippen LogP contribution in [0.15, 0.2) is 79.0 Å². The van der Waals surface area contributed by atoms with Crippen LogP contribution in [0.3, 0.4) is 0 Å². The summed E-state index contributed by atoms with van der Waals surface area (Å²) in [6, 6.07) is 20.9. The first-order valence-electron chi connectivity index (χ1n) is 15.8. The molecule has 3 aromatic carbocycles. The number of aliphatic hydroxyl groups is 2. The summed E-state index contributed by atoms with van der Waals surface area (Å²) in [5.74, 6) is 0.558. The van der Waals surface area contributed by atoms with Crippen LogP contribution in [0, 0.1) is 16.6 Å². The first-order valence-corrected chi connectivity index (χ1v) is 15.8. The molecule has 3 aliphatic rings. The number of anilines is 2. The Balaban J connectivity index is 0.000000230. The van der Waals surface area contributed by atoms with E-state index in [1.165, 1.54) is 6.07 Å². The summed E-state index contributed by atoms with van der Waals surface area (Å²) in [5.41, 5.74) is 1.39. The number of aliphatic hydroxyl groups excluding tert-OH is 2. The van der Waals surface area contributed by atoms with Gasteiger partial charge in [0.1, 0.15) is 35.9 Å². The predicted molar refractivity (Wildman–Crippen MR) is 176 cm³/mol. The lowest BCUT2D eigenvalue weighted by atomic mass is 10.0. The summed E-state index contributed by atoms with van der Waals surface area (Å²) in [4.78, 5) is 28.7. The van der Waals surface area contributed by atoms with E-state index in [2.05, 4.69) is 20.5 Å². The standard InChI is InChI=1S/C25H28FN3O4.C11H11NO2/c1-27-16-2-5-23(20(26)10-16)33-22-6-9-28-21-11-18(3-4-19(21)22)32-14-17(30)12-29-13-24(31)25(15-29)7-8-25;13-8-11(6-7-11)10(14)12-9-4-2-1-3-5-9/h2-6,9-11,17,24,27,30-31H,7-8,12-15H2,1H3;1-5,8H,6-7H2,(H,12,14). The van der Waals surface area contributed by atoms with E-state index in [9.17, 15) is 24.2 Å². The highest BCUT2D eigenvalue weighted by atomic mass is 19.1. The number of hydrogen-bond acceptors (Lipinski definition) is 9. The number of nitrogens with zero attached hydrogens (tertiary/aromatic N) is 2. The van der Waals surface area contributed by atoms with E-state index < -0.39 is 17.3 Å². The number of likely N-dealkylation sites (tertiary alicyclic amines) is 1. The van der Waals surface area contributed by atoms with Crippen molar-refractivity contribution >= 4 is 34.5 Å². The number of benzene rings is 3. The van der Waals surface area contributed by atoms with Crippen molar-refractivity contribution in [1.29, 1.82) is 0 Å². The molecule has 2 saturated carbocycles. The molecule has 1 amide bonds. The molecule has 3 fully saturated rings. The summed E-state index contributed by atoms with van der Waals surface area (Å²) >= 11 is 0. The topological polar surface area (TPSA) is 133 Å². The molecule has 1 aliphatic heterocycles. The van der Waals surface area contributed by atoms with Gasteiger partial charge >= 0.3 is 0 Å². The number of nitrogens with one attached hydrogen (secondary N) is 2. The van der Waals surface area contributed by atoms with Crippen molar-refractivity contribution in [1.82, 2.24) is 9.88 Å². The number of β-amino-alcohol motifs (C(OH)–C–C–N with tert-alkyl or cyclic N) is 2. The monoisotopic (exact) mass is 642 g/mol. The zero-order valence-electron chi connectivity index (χ0n) is 26.2. The third-order valence-electron chi connectivity index (χ3n) is 9.09. The number of halogens is 1. The molecule has 47 heavy (non-hydrogen) atoms. The third kappa shape index (κ3) is 7.54. The highest BCUT2D eigenvalue weighted by molar-refractivity contribution is 6.07. The van der Waals surface area contributed by atoms with Crippen molar-refractivity contribution < 1.29 is 33.7 Å². The molecule has 2 unspecified atom stereocenters. The summed E-state index contributed by atoms with van der Waals surface area (Å²) < 4.78 is 25.9. The average molecular weight is 643 g/mol. The van der Waals surface area contributed by atoms with E-state index in [0.717, 1.165) is 36.7 Å². The van der Waals surface area contributed by atoms with Gasteiger partial charge < -0.3 is 35.1 Å². The van der Waals surface area contributed by atoms with Crippen LogP contribution in [0.2, 0.25) is 0 Å². The van der Waals surface area contributed by atoms with Crippen LogP contribution >= 0.6 is 0 Å². The number of pyridine rings is 1. The van der Waals surface area contributed by atoms with Crippen LogP contribution in [-0.2, 0) is 9.59 Å². The van der Waals surface area contributed by atoms with Crippen LogP contribution in [-0.4, -0.2) is 77.8 Å². The SMILES string of the molecule is CNc1ccc(Oc2ccnc3cc(OCC(O)CN4CC(O)C5(CC5)C4)ccc23)c(F)c1.O=CC1(C(=O)Nc2ccccc2)CC1. The number of fused-ring (bicyclic) bond motifs is 1. The van der Waals surface area contributed by atoms with E-state index in [4.69, 9.17) is 9.47 Å². The molecule has 7 rings (SSSR count). The molecule has 1 aromatic heterocycles. The molecule has 1 spiro atoms. The Kier molecular flexibility index (Phi) is 9.40. The quantitative estimate of drug-likeness (QED) is 0.132. The molecule has 2 heterocycles. The number of aldehydes is 1. The smallest absolute Gasteiger partial charge is 0.237 e. The Morgan fingerprint density at radius 3 is 2.51 bits per heavy atom. The molecule has 4 aromatic rings. The molecule has 1 saturated heterocycles. The van der Waals surface area contributed by atoms with Crippen LogP contribution in [0.25, 0.3) is 10.9 Å². The van der Waals surface area contributed by atoms with Gasteiger partial charge in [-0.05, 0) is 68.1 Å². The first-order chi connectivity index (χ1) is 22.7. The van der Waals surface area contributed by atoms with Crippen LogP contribution in [0.5, 0.6) is 17.2 Å². The number of rotatable bonds is 11. The van der Waals surface area contributed by atoms with Gasteiger partial charge in [-0.15, -0.1) is 0 Å². The molecule has 11 heteroatoms. The molecule has 0 bridgehead atoms. The number of para-hydroxylation sites is 1. The zero-order chi connectivity index (χ0) is 33.0. The van der Waals surface area contributed by atoms with Crippen molar-refractivity contribution in [2.24, 2.45) is 10.8 Å². The van der Waals surface area contributed by atoms with Gasteiger partial charge in [0.05, 0.1) is 11.6 Å². The van der Waals surface area contributed by atoms with Gasteiger partial charge in [-0.2, -0.15) is 0 Å². The van der Waals surface area contributed by atoms with Gasteiger partial charge in [-0.25, -0.2) is 4.39 Å². The van der Waals surface area contributed by atoms with Crippen molar-refractivity contribution in [3.8, 4) is 17.2 Å². The molecule has 4 N–H and O–H groups in total. The minimum Gasteiger partial charge on any atom is -0.491 e. The van der Waals surface area contributed by atoms with Crippen molar-refractivity contribution in [3.05, 3.63) is 84.8 Å². The van der Waals surface area contributed by atoms with E-state index in [-0.39, 0.29) is 29.8 Å². The number of carbonyl (C=O) groups excluding carboxylic acids is 2. The van der Waals surface area contributed by atoms with Crippen LogP contribution < -0.4 is 20.1 Å². The van der Waals surface area contributed by atoms with Gasteiger partial charge in [0.15, 0.2) is 11.6 Å². The Hall–Kier alpha value is -4.58.